The van der Waals surface area contributed by atoms with Crippen LogP contribution in [0.2, 0.25) is 0 Å². The molecule has 3 aliphatic rings. The summed E-state index contributed by atoms with van der Waals surface area (Å²) in [5, 5.41) is 14.1. The second kappa shape index (κ2) is 9.53. The van der Waals surface area contributed by atoms with Gasteiger partial charge in [0.15, 0.2) is 11.5 Å². The molecular formula is C26H30N2O5. The second-order valence-electron chi connectivity index (χ2n) is 9.17. The summed E-state index contributed by atoms with van der Waals surface area (Å²) in [5.41, 5.74) is 2.90. The Hall–Kier alpha value is -2.90. The molecule has 2 aliphatic heterocycles. The lowest BCUT2D eigenvalue weighted by Gasteiger charge is -2.29. The first kappa shape index (κ1) is 21.9. The molecule has 7 heteroatoms. The molecule has 1 fully saturated rings. The minimum atomic E-state index is -0.973. The Morgan fingerprint density at radius 2 is 1.67 bits per heavy atom. The highest BCUT2D eigenvalue weighted by atomic mass is 16.6. The van der Waals surface area contributed by atoms with Crippen molar-refractivity contribution in [3.05, 3.63) is 59.2 Å². The van der Waals surface area contributed by atoms with Crippen LogP contribution in [-0.2, 0) is 22.4 Å². The number of likely N-dealkylation sites (tertiary alicyclic amines) is 1. The quantitative estimate of drug-likeness (QED) is 0.628. The van der Waals surface area contributed by atoms with Gasteiger partial charge in [-0.3, -0.25) is 9.59 Å². The monoisotopic (exact) mass is 450 g/mol. The van der Waals surface area contributed by atoms with Gasteiger partial charge in [-0.25, -0.2) is 0 Å². The Morgan fingerprint density at radius 1 is 1.00 bits per heavy atom. The molecule has 2 heterocycles. The molecule has 1 amide bonds. The fourth-order valence-electron chi connectivity index (χ4n) is 5.11. The van der Waals surface area contributed by atoms with Gasteiger partial charge in [0.05, 0.1) is 6.04 Å². The zero-order valence-corrected chi connectivity index (χ0v) is 18.7. The third-order valence-electron chi connectivity index (χ3n) is 6.90. The maximum Gasteiger partial charge on any atom is 0.288 e. The summed E-state index contributed by atoms with van der Waals surface area (Å²) in [6, 6.07) is 12.7. The van der Waals surface area contributed by atoms with Crippen molar-refractivity contribution in [2.24, 2.45) is 5.92 Å². The van der Waals surface area contributed by atoms with Gasteiger partial charge in [-0.1, -0.05) is 30.3 Å². The van der Waals surface area contributed by atoms with Crippen LogP contribution in [0.1, 0.15) is 35.6 Å². The van der Waals surface area contributed by atoms with Gasteiger partial charge in [-0.15, -0.1) is 0 Å². The average Bonchev–Trinajstić information content (AvgIpc) is 3.52. The van der Waals surface area contributed by atoms with Crippen molar-refractivity contribution in [2.75, 3.05) is 32.8 Å². The van der Waals surface area contributed by atoms with Gasteiger partial charge in [0, 0.05) is 12.5 Å². The Bertz CT molecular complexity index is 1010. The third kappa shape index (κ3) is 4.75. The Balaban J connectivity index is 1.30. The van der Waals surface area contributed by atoms with E-state index >= 15 is 0 Å². The summed E-state index contributed by atoms with van der Waals surface area (Å²) in [4.78, 5) is 28.2. The largest absolute Gasteiger partial charge is 0.486 e. The number of ketones is 1. The molecule has 0 saturated carbocycles. The number of nitrogens with zero attached hydrogens (tertiary/aromatic N) is 1. The predicted octanol–water partition coefficient (Wildman–Crippen LogP) is 2.06. The van der Waals surface area contributed by atoms with E-state index in [-0.39, 0.29) is 5.92 Å². The molecule has 0 aromatic heterocycles. The first-order chi connectivity index (χ1) is 16.1. The number of hydrogen-bond donors (Lipinski definition) is 2. The first-order valence-electron chi connectivity index (χ1n) is 11.8. The fourth-order valence-corrected chi connectivity index (χ4v) is 5.11. The lowest BCUT2D eigenvalue weighted by Crippen LogP contribution is -2.49. The standard InChI is InChI=1S/C26H30N2O5/c29-24(19-7-8-22-23(15-19)33-12-11-32-22)21(16-28-9-3-4-10-28)27-26(31)25(30)20-13-17-5-1-2-6-18(17)14-20/h1-2,5-8,15,20-21,24,29H,3-4,9-14,16H2,(H,27,31)/t21-,24-/m1/s1. The zero-order valence-electron chi connectivity index (χ0n) is 18.7. The second-order valence-corrected chi connectivity index (χ2v) is 9.17. The Labute approximate surface area is 193 Å². The summed E-state index contributed by atoms with van der Waals surface area (Å²) < 4.78 is 11.2. The van der Waals surface area contributed by atoms with E-state index in [4.69, 9.17) is 9.47 Å². The van der Waals surface area contributed by atoms with Gasteiger partial charge in [0.25, 0.3) is 5.91 Å². The van der Waals surface area contributed by atoms with Crippen LogP contribution >= 0.6 is 0 Å². The minimum absolute atomic E-state index is 0.346. The van der Waals surface area contributed by atoms with Crippen molar-refractivity contribution in [1.82, 2.24) is 10.2 Å². The fraction of sp³-hybridized carbons (Fsp3) is 0.462. The van der Waals surface area contributed by atoms with E-state index in [0.717, 1.165) is 37.1 Å². The topological polar surface area (TPSA) is 88.1 Å². The van der Waals surface area contributed by atoms with Crippen molar-refractivity contribution >= 4 is 11.7 Å². The molecule has 7 nitrogen and oxygen atoms in total. The Morgan fingerprint density at radius 3 is 2.36 bits per heavy atom. The van der Waals surface area contributed by atoms with Crippen LogP contribution in [0.25, 0.3) is 0 Å². The molecule has 1 saturated heterocycles. The molecule has 174 valence electrons. The van der Waals surface area contributed by atoms with Crippen molar-refractivity contribution in [3.8, 4) is 11.5 Å². The van der Waals surface area contributed by atoms with Crippen molar-refractivity contribution < 1.29 is 24.2 Å². The van der Waals surface area contributed by atoms with Crippen molar-refractivity contribution in [3.63, 3.8) is 0 Å². The van der Waals surface area contributed by atoms with E-state index in [0.29, 0.717) is 49.7 Å². The smallest absolute Gasteiger partial charge is 0.288 e. The van der Waals surface area contributed by atoms with Crippen LogP contribution in [0.5, 0.6) is 11.5 Å². The molecule has 5 rings (SSSR count). The van der Waals surface area contributed by atoms with Crippen molar-refractivity contribution in [2.45, 2.75) is 37.8 Å². The molecule has 0 bridgehead atoms. The number of carbonyl (C=O) groups excluding carboxylic acids is 2. The van der Waals surface area contributed by atoms with Gasteiger partial charge >= 0.3 is 0 Å². The number of benzene rings is 2. The molecule has 0 unspecified atom stereocenters. The van der Waals surface area contributed by atoms with Crippen LogP contribution in [0.15, 0.2) is 42.5 Å². The summed E-state index contributed by atoms with van der Waals surface area (Å²) in [5.74, 6) is -0.140. The number of hydrogen-bond acceptors (Lipinski definition) is 6. The predicted molar refractivity (Wildman–Crippen MR) is 122 cm³/mol. The van der Waals surface area contributed by atoms with Gasteiger partial charge in [0.2, 0.25) is 5.78 Å². The van der Waals surface area contributed by atoms with E-state index in [1.807, 2.05) is 24.3 Å². The maximum atomic E-state index is 13.0. The van der Waals surface area contributed by atoms with Gasteiger partial charge in [-0.05, 0) is 67.6 Å². The van der Waals surface area contributed by atoms with Crippen LogP contribution in [0, 0.1) is 5.92 Å². The first-order valence-corrected chi connectivity index (χ1v) is 11.8. The summed E-state index contributed by atoms with van der Waals surface area (Å²) in [6.07, 6.45) is 2.40. The van der Waals surface area contributed by atoms with Crippen LogP contribution in [0.3, 0.4) is 0 Å². The maximum absolute atomic E-state index is 13.0. The summed E-state index contributed by atoms with van der Waals surface area (Å²) in [6.45, 7) is 3.28. The number of Topliss-reactive ketones (excluding diaryl/α,β-unsaturated/α-hetero) is 1. The lowest BCUT2D eigenvalue weighted by molar-refractivity contribution is -0.141. The van der Waals surface area contributed by atoms with E-state index in [2.05, 4.69) is 10.2 Å². The van der Waals surface area contributed by atoms with Crippen LogP contribution in [-0.4, -0.2) is 60.6 Å². The highest BCUT2D eigenvalue weighted by Crippen LogP contribution is 2.34. The normalized spacial score (nSPS) is 19.7. The molecule has 2 aromatic carbocycles. The number of carbonyl (C=O) groups is 2. The highest BCUT2D eigenvalue weighted by molar-refractivity contribution is 6.37. The number of amides is 1. The number of nitrogens with one attached hydrogen (secondary N) is 1. The highest BCUT2D eigenvalue weighted by Gasteiger charge is 2.34. The van der Waals surface area contributed by atoms with Crippen LogP contribution in [0.4, 0.5) is 0 Å². The minimum Gasteiger partial charge on any atom is -0.486 e. The zero-order chi connectivity index (χ0) is 22.8. The molecule has 2 N–H and O–H groups in total. The molecule has 0 radical (unpaired) electrons. The Kier molecular flexibility index (Phi) is 6.33. The van der Waals surface area contributed by atoms with Gasteiger partial charge < -0.3 is 24.8 Å². The number of aliphatic hydroxyl groups is 1. The number of aliphatic hydroxyl groups excluding tert-OH is 1. The lowest BCUT2D eigenvalue weighted by atomic mass is 9.98. The van der Waals surface area contributed by atoms with E-state index in [1.165, 1.54) is 0 Å². The molecule has 0 spiro atoms. The van der Waals surface area contributed by atoms with Gasteiger partial charge in [0.1, 0.15) is 19.3 Å². The van der Waals surface area contributed by atoms with E-state index < -0.39 is 23.8 Å². The molecule has 1 aliphatic carbocycles. The van der Waals surface area contributed by atoms with Crippen molar-refractivity contribution in [1.29, 1.82) is 0 Å². The summed E-state index contributed by atoms with van der Waals surface area (Å²) in [7, 11) is 0. The molecule has 2 aromatic rings. The number of fused-ring (bicyclic) bond motifs is 2. The third-order valence-corrected chi connectivity index (χ3v) is 6.90. The van der Waals surface area contributed by atoms with Crippen LogP contribution < -0.4 is 14.8 Å². The SMILES string of the molecule is O=C(N[C@H](CN1CCCC1)[C@H](O)c1ccc2c(c1)OCCO2)C(=O)C1Cc2ccccc2C1. The average molecular weight is 451 g/mol. The summed E-state index contributed by atoms with van der Waals surface area (Å²) >= 11 is 0. The number of rotatable bonds is 7. The van der Waals surface area contributed by atoms with Gasteiger partial charge in [-0.2, -0.15) is 0 Å². The molecule has 33 heavy (non-hydrogen) atoms. The van der Waals surface area contributed by atoms with E-state index in [9.17, 15) is 14.7 Å². The molecular weight excluding hydrogens is 420 g/mol. The number of ether oxygens (including phenoxy) is 2. The molecule has 2 atom stereocenters. The van der Waals surface area contributed by atoms with E-state index in [1.54, 1.807) is 18.2 Å².